The number of nitrogens with zero attached hydrogens (tertiary/aromatic N) is 1. The first kappa shape index (κ1) is 23.2. The van der Waals surface area contributed by atoms with Gasteiger partial charge >= 0.3 is 12.1 Å². The lowest BCUT2D eigenvalue weighted by Gasteiger charge is -2.17. The van der Waals surface area contributed by atoms with Crippen LogP contribution in [0.4, 0.5) is 23.2 Å². The Hall–Kier alpha value is -3.46. The minimum Gasteiger partial charge on any atom is -0.465 e. The molecule has 2 aromatic carbocycles. The van der Waals surface area contributed by atoms with E-state index >= 15 is 0 Å². The molecular formula is C22H16ClF4N3O2. The first-order valence-corrected chi connectivity index (χ1v) is 9.51. The lowest BCUT2D eigenvalue weighted by molar-refractivity contribution is -0.138. The lowest BCUT2D eigenvalue weighted by Crippen LogP contribution is -2.14. The number of esters is 1. The van der Waals surface area contributed by atoms with E-state index in [4.69, 9.17) is 17.0 Å². The quantitative estimate of drug-likeness (QED) is 0.278. The lowest BCUT2D eigenvalue weighted by atomic mass is 9.99. The molecule has 0 atom stereocenters. The Morgan fingerprint density at radius 2 is 1.94 bits per heavy atom. The minimum absolute atomic E-state index is 0.0203. The molecule has 0 fully saturated rings. The Bertz CT molecular complexity index is 1180. The maximum absolute atomic E-state index is 14.6. The second-order valence-corrected chi connectivity index (χ2v) is 7.01. The van der Waals surface area contributed by atoms with Crippen molar-refractivity contribution in [1.82, 2.24) is 4.98 Å². The van der Waals surface area contributed by atoms with E-state index in [0.717, 1.165) is 19.2 Å². The number of carbonyl (C=O) groups is 1. The van der Waals surface area contributed by atoms with E-state index < -0.39 is 23.5 Å². The number of alkyl halides is 3. The second-order valence-electron chi connectivity index (χ2n) is 6.60. The highest BCUT2D eigenvalue weighted by molar-refractivity contribution is 6.31. The topological polar surface area (TPSA) is 75.1 Å². The van der Waals surface area contributed by atoms with Gasteiger partial charge in [0.05, 0.1) is 35.8 Å². The Morgan fingerprint density at radius 3 is 2.59 bits per heavy atom. The third-order valence-corrected chi connectivity index (χ3v) is 4.98. The maximum Gasteiger partial charge on any atom is 0.416 e. The number of pyridine rings is 1. The third-order valence-electron chi connectivity index (χ3n) is 4.63. The van der Waals surface area contributed by atoms with E-state index in [1.807, 2.05) is 0 Å². The summed E-state index contributed by atoms with van der Waals surface area (Å²) in [5, 5.41) is 11.1. The van der Waals surface area contributed by atoms with Gasteiger partial charge in [0, 0.05) is 34.5 Å². The van der Waals surface area contributed by atoms with Crippen LogP contribution in [0.3, 0.4) is 0 Å². The molecule has 1 aromatic heterocycles. The Morgan fingerprint density at radius 1 is 1.19 bits per heavy atom. The van der Waals surface area contributed by atoms with Crippen molar-refractivity contribution in [1.29, 1.82) is 5.41 Å². The summed E-state index contributed by atoms with van der Waals surface area (Å²) in [6.45, 7) is -0.301. The van der Waals surface area contributed by atoms with Crippen molar-refractivity contribution in [2.45, 2.75) is 12.7 Å². The number of hydrogen-bond acceptors (Lipinski definition) is 5. The number of carbonyl (C=O) groups excluding carboxylic acids is 1. The Kier molecular flexibility index (Phi) is 6.78. The van der Waals surface area contributed by atoms with Crippen LogP contribution in [0, 0.1) is 11.2 Å². The van der Waals surface area contributed by atoms with Gasteiger partial charge in [-0.1, -0.05) is 17.7 Å². The molecule has 0 radical (unpaired) electrons. The molecule has 0 saturated heterocycles. The number of methoxy groups -OCH3 is 1. The zero-order chi connectivity index (χ0) is 23.5. The number of halogens is 5. The number of anilines is 1. The average Bonchev–Trinajstić information content (AvgIpc) is 2.76. The van der Waals surface area contributed by atoms with Gasteiger partial charge in [-0.05, 0) is 36.4 Å². The zero-order valence-corrected chi connectivity index (χ0v) is 17.3. The first-order chi connectivity index (χ1) is 15.1. The highest BCUT2D eigenvalue weighted by Gasteiger charge is 2.34. The smallest absolute Gasteiger partial charge is 0.416 e. The molecule has 5 nitrogen and oxygen atoms in total. The monoisotopic (exact) mass is 465 g/mol. The summed E-state index contributed by atoms with van der Waals surface area (Å²) in [4.78, 5) is 15.5. The van der Waals surface area contributed by atoms with E-state index in [1.54, 1.807) is 0 Å². The summed E-state index contributed by atoms with van der Waals surface area (Å²) in [6, 6.07) is 8.42. The molecule has 10 heteroatoms. The van der Waals surface area contributed by atoms with E-state index in [9.17, 15) is 22.4 Å². The summed E-state index contributed by atoms with van der Waals surface area (Å²) < 4.78 is 59.1. The van der Waals surface area contributed by atoms with Crippen LogP contribution in [0.1, 0.15) is 32.6 Å². The van der Waals surface area contributed by atoms with E-state index in [0.29, 0.717) is 0 Å². The fraction of sp³-hybridized carbons (Fsp3) is 0.136. The molecule has 0 aliphatic rings. The van der Waals surface area contributed by atoms with Crippen molar-refractivity contribution >= 4 is 29.0 Å². The molecule has 1 heterocycles. The Labute approximate surface area is 185 Å². The van der Waals surface area contributed by atoms with E-state index in [-0.39, 0.29) is 45.2 Å². The van der Waals surface area contributed by atoms with Crippen LogP contribution < -0.4 is 5.32 Å². The van der Waals surface area contributed by atoms with Crippen molar-refractivity contribution < 1.29 is 27.1 Å². The molecule has 0 aliphatic carbocycles. The average molecular weight is 466 g/mol. The molecule has 166 valence electrons. The van der Waals surface area contributed by atoms with Gasteiger partial charge in [0.2, 0.25) is 0 Å². The van der Waals surface area contributed by atoms with Gasteiger partial charge in [-0.15, -0.1) is 0 Å². The molecule has 3 aromatic rings. The molecule has 0 aliphatic heterocycles. The van der Waals surface area contributed by atoms with Gasteiger partial charge in [-0.2, -0.15) is 13.2 Å². The van der Waals surface area contributed by atoms with Gasteiger partial charge in [0.1, 0.15) is 5.82 Å². The number of aromatic nitrogens is 1. The summed E-state index contributed by atoms with van der Waals surface area (Å²) in [5.74, 6) is -1.56. The van der Waals surface area contributed by atoms with Crippen LogP contribution in [-0.2, 0) is 17.5 Å². The number of benzene rings is 2. The normalized spacial score (nSPS) is 11.2. The summed E-state index contributed by atoms with van der Waals surface area (Å²) >= 11 is 5.99. The van der Waals surface area contributed by atoms with Gasteiger partial charge < -0.3 is 10.1 Å². The fourth-order valence-electron chi connectivity index (χ4n) is 3.05. The summed E-state index contributed by atoms with van der Waals surface area (Å²) in [7, 11) is 1.16. The predicted octanol–water partition coefficient (Wildman–Crippen LogP) is 5.71. The van der Waals surface area contributed by atoms with Crippen LogP contribution in [-0.4, -0.2) is 23.8 Å². The van der Waals surface area contributed by atoms with Gasteiger partial charge in [-0.3, -0.25) is 10.4 Å². The molecule has 0 amide bonds. The van der Waals surface area contributed by atoms with Gasteiger partial charge in [0.25, 0.3) is 0 Å². The van der Waals surface area contributed by atoms with Crippen LogP contribution in [0.5, 0.6) is 0 Å². The first-order valence-electron chi connectivity index (χ1n) is 9.13. The van der Waals surface area contributed by atoms with Crippen molar-refractivity contribution in [2.24, 2.45) is 0 Å². The molecule has 0 bridgehead atoms. The van der Waals surface area contributed by atoms with Crippen LogP contribution in [0.15, 0.2) is 54.9 Å². The van der Waals surface area contributed by atoms with Crippen molar-refractivity contribution in [3.63, 3.8) is 0 Å². The molecule has 0 spiro atoms. The van der Waals surface area contributed by atoms with Crippen molar-refractivity contribution in [3.05, 3.63) is 93.5 Å². The maximum atomic E-state index is 14.6. The highest BCUT2D eigenvalue weighted by Crippen LogP contribution is 2.35. The van der Waals surface area contributed by atoms with Crippen LogP contribution in [0.25, 0.3) is 0 Å². The summed E-state index contributed by atoms with van der Waals surface area (Å²) in [5.41, 5.74) is -1.03. The molecule has 0 unspecified atom stereocenters. The number of ether oxygens (including phenoxy) is 1. The number of nitrogens with one attached hydrogen (secondary N) is 2. The summed E-state index contributed by atoms with van der Waals surface area (Å²) in [6.07, 6.45) is -1.92. The van der Waals surface area contributed by atoms with Crippen molar-refractivity contribution in [3.8, 4) is 0 Å². The fourth-order valence-corrected chi connectivity index (χ4v) is 3.29. The minimum atomic E-state index is -4.60. The zero-order valence-electron chi connectivity index (χ0n) is 16.6. The van der Waals surface area contributed by atoms with Crippen LogP contribution in [0.2, 0.25) is 5.02 Å². The van der Waals surface area contributed by atoms with E-state index in [2.05, 4.69) is 15.0 Å². The van der Waals surface area contributed by atoms with E-state index in [1.165, 1.54) is 42.7 Å². The standard InChI is InChI=1S/C22H16ClF4N3O2/c1-32-21(31)12-5-6-13(18(24)9-12)20(28)14-7-8-29-11-19(14)30-10-15-16(22(25,26)27)3-2-4-17(15)23/h2-9,11,28,30H,10H2,1H3. The number of rotatable bonds is 6. The molecule has 3 rings (SSSR count). The highest BCUT2D eigenvalue weighted by atomic mass is 35.5. The van der Waals surface area contributed by atoms with Crippen molar-refractivity contribution in [2.75, 3.05) is 12.4 Å². The van der Waals surface area contributed by atoms with Crippen LogP contribution >= 0.6 is 11.6 Å². The number of hydrogen-bond donors (Lipinski definition) is 2. The third kappa shape index (κ3) is 4.88. The second kappa shape index (κ2) is 9.35. The SMILES string of the molecule is COC(=O)c1ccc(C(=N)c2ccncc2NCc2c(Cl)cccc2C(F)(F)F)c(F)c1. The molecule has 32 heavy (non-hydrogen) atoms. The molecule has 0 saturated carbocycles. The van der Waals surface area contributed by atoms with Gasteiger partial charge in [0.15, 0.2) is 0 Å². The Balaban J connectivity index is 1.91. The molecular weight excluding hydrogens is 450 g/mol. The van der Waals surface area contributed by atoms with Gasteiger partial charge in [-0.25, -0.2) is 9.18 Å². The molecule has 2 N–H and O–H groups in total. The predicted molar refractivity (Wildman–Crippen MR) is 112 cm³/mol. The largest absolute Gasteiger partial charge is 0.465 e.